The predicted octanol–water partition coefficient (Wildman–Crippen LogP) is 4.76. The van der Waals surface area contributed by atoms with Crippen LogP contribution in [0.25, 0.3) is 5.52 Å². The van der Waals surface area contributed by atoms with Crippen LogP contribution in [0.15, 0.2) is 66.9 Å². The first-order valence-electron chi connectivity index (χ1n) is 9.66. The van der Waals surface area contributed by atoms with Gasteiger partial charge in [-0.25, -0.2) is 4.98 Å². The van der Waals surface area contributed by atoms with Crippen molar-refractivity contribution in [2.24, 2.45) is 0 Å². The lowest BCUT2D eigenvalue weighted by molar-refractivity contribution is 0.101. The topological polar surface area (TPSA) is 75.5 Å². The molecule has 0 unspecified atom stereocenters. The number of para-hydroxylation sites is 1. The minimum Gasteiger partial charge on any atom is -0.320 e. The number of carbonyl (C=O) groups excluding carboxylic acids is 2. The maximum absolute atomic E-state index is 13.0. The minimum atomic E-state index is -0.379. The Morgan fingerprint density at radius 3 is 2.27 bits per heavy atom. The summed E-state index contributed by atoms with van der Waals surface area (Å²) >= 11 is 0. The van der Waals surface area contributed by atoms with E-state index >= 15 is 0 Å². The third-order valence-electron chi connectivity index (χ3n) is 4.99. The van der Waals surface area contributed by atoms with E-state index in [-0.39, 0.29) is 23.3 Å². The van der Waals surface area contributed by atoms with Gasteiger partial charge in [0.05, 0.1) is 5.52 Å². The first kappa shape index (κ1) is 19.4. The molecule has 2 aromatic carbocycles. The highest BCUT2D eigenvalue weighted by Crippen LogP contribution is 2.20. The molecule has 0 aliphatic rings. The number of amides is 2. The number of nitrogens with one attached hydrogen (secondary N) is 2. The maximum Gasteiger partial charge on any atom is 0.292 e. The van der Waals surface area contributed by atoms with E-state index in [2.05, 4.69) is 15.6 Å². The zero-order chi connectivity index (χ0) is 21.3. The standard InChI is InChI=1S/C24H22N4O2/c1-15-11-12-19(17(3)14-15)25-23(29)21-20-10-6-7-13-28(20)22(27-21)24(30)26-18-9-5-4-8-16(18)2/h4-14H,1-3H3,(H,25,29)(H,26,30). The van der Waals surface area contributed by atoms with Crippen LogP contribution in [0, 0.1) is 20.8 Å². The Morgan fingerprint density at radius 1 is 0.800 bits per heavy atom. The number of nitrogens with zero attached hydrogens (tertiary/aromatic N) is 2. The normalized spacial score (nSPS) is 10.8. The fourth-order valence-corrected chi connectivity index (χ4v) is 3.39. The van der Waals surface area contributed by atoms with Crippen molar-refractivity contribution in [1.82, 2.24) is 9.38 Å². The third kappa shape index (κ3) is 3.67. The molecule has 0 aliphatic carbocycles. The summed E-state index contributed by atoms with van der Waals surface area (Å²) in [5.74, 6) is -0.587. The van der Waals surface area contributed by atoms with Crippen LogP contribution in [0.3, 0.4) is 0 Å². The summed E-state index contributed by atoms with van der Waals surface area (Å²) in [5.41, 5.74) is 5.21. The van der Waals surface area contributed by atoms with Crippen LogP contribution in [0.4, 0.5) is 11.4 Å². The van der Waals surface area contributed by atoms with Crippen molar-refractivity contribution in [1.29, 1.82) is 0 Å². The van der Waals surface area contributed by atoms with Crippen molar-refractivity contribution in [3.63, 3.8) is 0 Å². The van der Waals surface area contributed by atoms with Gasteiger partial charge in [0.1, 0.15) is 0 Å². The Bertz CT molecular complexity index is 1270. The molecule has 0 saturated carbocycles. The van der Waals surface area contributed by atoms with E-state index in [1.54, 1.807) is 22.7 Å². The fourth-order valence-electron chi connectivity index (χ4n) is 3.39. The molecule has 2 aromatic heterocycles. The lowest BCUT2D eigenvalue weighted by Crippen LogP contribution is -2.17. The Labute approximate surface area is 174 Å². The molecule has 0 saturated heterocycles. The van der Waals surface area contributed by atoms with Crippen molar-refractivity contribution >= 4 is 28.7 Å². The SMILES string of the molecule is Cc1ccc(NC(=O)c2nc(C(=O)Nc3ccccc3C)n3ccccc23)c(C)c1. The van der Waals surface area contributed by atoms with Gasteiger partial charge in [0.2, 0.25) is 5.82 Å². The molecular formula is C24H22N4O2. The number of anilines is 2. The number of fused-ring (bicyclic) bond motifs is 1. The highest BCUT2D eigenvalue weighted by Gasteiger charge is 2.22. The second-order valence-electron chi connectivity index (χ2n) is 7.28. The molecule has 2 amide bonds. The van der Waals surface area contributed by atoms with Gasteiger partial charge in [-0.05, 0) is 56.2 Å². The van der Waals surface area contributed by atoms with Gasteiger partial charge in [0, 0.05) is 17.6 Å². The summed E-state index contributed by atoms with van der Waals surface area (Å²) in [4.78, 5) is 30.3. The van der Waals surface area contributed by atoms with Crippen molar-refractivity contribution in [3.8, 4) is 0 Å². The molecule has 150 valence electrons. The van der Waals surface area contributed by atoms with E-state index in [0.29, 0.717) is 16.9 Å². The van der Waals surface area contributed by atoms with Gasteiger partial charge in [0.15, 0.2) is 5.69 Å². The first-order chi connectivity index (χ1) is 14.4. The van der Waals surface area contributed by atoms with Crippen molar-refractivity contribution in [2.75, 3.05) is 10.6 Å². The third-order valence-corrected chi connectivity index (χ3v) is 4.99. The van der Waals surface area contributed by atoms with Crippen molar-refractivity contribution < 1.29 is 9.59 Å². The van der Waals surface area contributed by atoms with Gasteiger partial charge in [-0.1, -0.05) is 42.0 Å². The molecule has 30 heavy (non-hydrogen) atoms. The minimum absolute atomic E-state index is 0.152. The zero-order valence-corrected chi connectivity index (χ0v) is 17.1. The molecule has 4 aromatic rings. The summed E-state index contributed by atoms with van der Waals surface area (Å²) in [5, 5.41) is 5.79. The summed E-state index contributed by atoms with van der Waals surface area (Å²) < 4.78 is 1.63. The molecule has 0 fully saturated rings. The maximum atomic E-state index is 13.0. The monoisotopic (exact) mass is 398 g/mol. The smallest absolute Gasteiger partial charge is 0.292 e. The van der Waals surface area contributed by atoms with E-state index in [9.17, 15) is 9.59 Å². The summed E-state index contributed by atoms with van der Waals surface area (Å²) in [6.45, 7) is 5.86. The largest absolute Gasteiger partial charge is 0.320 e. The number of imidazole rings is 1. The van der Waals surface area contributed by atoms with E-state index in [0.717, 1.165) is 16.7 Å². The molecular weight excluding hydrogens is 376 g/mol. The van der Waals surface area contributed by atoms with E-state index in [4.69, 9.17) is 0 Å². The highest BCUT2D eigenvalue weighted by molar-refractivity contribution is 6.10. The Balaban J connectivity index is 1.69. The second kappa shape index (κ2) is 7.83. The number of carbonyl (C=O) groups is 2. The van der Waals surface area contributed by atoms with Crippen LogP contribution in [-0.2, 0) is 0 Å². The molecule has 6 nitrogen and oxygen atoms in total. The lowest BCUT2D eigenvalue weighted by Gasteiger charge is -2.08. The van der Waals surface area contributed by atoms with E-state index < -0.39 is 0 Å². The molecule has 4 rings (SSSR count). The Kier molecular flexibility index (Phi) is 5.06. The van der Waals surface area contributed by atoms with Crippen LogP contribution >= 0.6 is 0 Å². The van der Waals surface area contributed by atoms with Crippen LogP contribution in [0.1, 0.15) is 37.8 Å². The van der Waals surface area contributed by atoms with Crippen LogP contribution < -0.4 is 10.6 Å². The molecule has 0 atom stereocenters. The number of hydrogen-bond donors (Lipinski definition) is 2. The molecule has 0 bridgehead atoms. The average Bonchev–Trinajstić information content (AvgIpc) is 3.12. The number of rotatable bonds is 4. The number of hydrogen-bond acceptors (Lipinski definition) is 3. The summed E-state index contributed by atoms with van der Waals surface area (Å²) in [6.07, 6.45) is 1.73. The number of pyridine rings is 1. The second-order valence-corrected chi connectivity index (χ2v) is 7.28. The highest BCUT2D eigenvalue weighted by atomic mass is 16.2. The number of aromatic nitrogens is 2. The number of aryl methyl sites for hydroxylation is 3. The molecule has 0 spiro atoms. The van der Waals surface area contributed by atoms with Gasteiger partial charge >= 0.3 is 0 Å². The van der Waals surface area contributed by atoms with Gasteiger partial charge < -0.3 is 10.6 Å². The number of benzene rings is 2. The molecule has 6 heteroatoms. The fraction of sp³-hybridized carbons (Fsp3) is 0.125. The average molecular weight is 398 g/mol. The van der Waals surface area contributed by atoms with E-state index in [1.165, 1.54) is 0 Å². The molecule has 2 N–H and O–H groups in total. The van der Waals surface area contributed by atoms with E-state index in [1.807, 2.05) is 69.3 Å². The molecule has 0 aliphatic heterocycles. The summed E-state index contributed by atoms with van der Waals surface area (Å²) in [7, 11) is 0. The predicted molar refractivity (Wildman–Crippen MR) is 118 cm³/mol. The summed E-state index contributed by atoms with van der Waals surface area (Å²) in [6, 6.07) is 18.7. The van der Waals surface area contributed by atoms with Gasteiger partial charge in [0.25, 0.3) is 11.8 Å². The molecule has 0 radical (unpaired) electrons. The van der Waals surface area contributed by atoms with Gasteiger partial charge in [-0.3, -0.25) is 14.0 Å². The van der Waals surface area contributed by atoms with Crippen LogP contribution in [0.2, 0.25) is 0 Å². The van der Waals surface area contributed by atoms with Crippen LogP contribution in [-0.4, -0.2) is 21.2 Å². The first-order valence-corrected chi connectivity index (χ1v) is 9.66. The van der Waals surface area contributed by atoms with Crippen molar-refractivity contribution in [3.05, 3.63) is 95.1 Å². The quantitative estimate of drug-likeness (QED) is 0.520. The van der Waals surface area contributed by atoms with Crippen molar-refractivity contribution in [2.45, 2.75) is 20.8 Å². The van der Waals surface area contributed by atoms with Crippen LogP contribution in [0.5, 0.6) is 0 Å². The Hall–Kier alpha value is -3.93. The Morgan fingerprint density at radius 2 is 1.50 bits per heavy atom. The van der Waals surface area contributed by atoms with Gasteiger partial charge in [-0.2, -0.15) is 0 Å². The van der Waals surface area contributed by atoms with Gasteiger partial charge in [-0.15, -0.1) is 0 Å². The zero-order valence-electron chi connectivity index (χ0n) is 17.1. The molecule has 2 heterocycles. The lowest BCUT2D eigenvalue weighted by atomic mass is 10.1.